The Hall–Kier alpha value is -2.05. The average Bonchev–Trinajstić information content (AvgIpc) is 2.84. The van der Waals surface area contributed by atoms with Crippen LogP contribution in [0.2, 0.25) is 0 Å². The molecule has 0 unspecified atom stereocenters. The summed E-state index contributed by atoms with van der Waals surface area (Å²) < 4.78 is 38.0. The molecule has 126 valence electrons. The molecule has 0 aliphatic heterocycles. The molecule has 0 heterocycles. The van der Waals surface area contributed by atoms with E-state index >= 15 is 0 Å². The summed E-state index contributed by atoms with van der Waals surface area (Å²) in [5, 5.41) is 13.3. The molecule has 1 aliphatic rings. The topological polar surface area (TPSA) is 69.2 Å². The first-order valence-corrected chi connectivity index (χ1v) is 7.37. The lowest BCUT2D eigenvalue weighted by Gasteiger charge is -2.28. The van der Waals surface area contributed by atoms with Gasteiger partial charge in [-0.25, -0.2) is 0 Å². The lowest BCUT2D eigenvalue weighted by Crippen LogP contribution is -2.33. The van der Waals surface area contributed by atoms with Crippen LogP contribution in [0, 0.1) is 5.41 Å². The average molecular weight is 328 g/mol. The minimum atomic E-state index is -4.48. The van der Waals surface area contributed by atoms with E-state index in [1.165, 1.54) is 12.1 Å². The van der Waals surface area contributed by atoms with Crippen LogP contribution in [0.3, 0.4) is 0 Å². The van der Waals surface area contributed by atoms with Crippen molar-refractivity contribution in [2.45, 2.75) is 44.7 Å². The number of benzene rings is 1. The van der Waals surface area contributed by atoms with Crippen LogP contribution in [-0.4, -0.2) is 11.9 Å². The summed E-state index contributed by atoms with van der Waals surface area (Å²) in [5.74, 6) is -1.69. The molecule has 0 bridgehead atoms. The van der Waals surface area contributed by atoms with E-state index in [4.69, 9.17) is 0 Å². The molecular formula is C16H17F3NO3-. The number of aliphatic carboxylic acids is 1. The van der Waals surface area contributed by atoms with Crippen molar-refractivity contribution in [3.63, 3.8) is 0 Å². The number of anilines is 1. The summed E-state index contributed by atoms with van der Waals surface area (Å²) >= 11 is 0. The number of amides is 1. The first kappa shape index (κ1) is 17.3. The maximum Gasteiger partial charge on any atom is 0.416 e. The van der Waals surface area contributed by atoms with Crippen molar-refractivity contribution in [3.8, 4) is 0 Å². The van der Waals surface area contributed by atoms with Crippen molar-refractivity contribution in [3.05, 3.63) is 29.8 Å². The Balaban J connectivity index is 2.05. The summed E-state index contributed by atoms with van der Waals surface area (Å²) in [6.07, 6.45) is -1.83. The second kappa shape index (κ2) is 6.60. The van der Waals surface area contributed by atoms with E-state index in [-0.39, 0.29) is 18.5 Å². The smallest absolute Gasteiger partial charge is 0.416 e. The van der Waals surface area contributed by atoms with E-state index in [2.05, 4.69) is 5.32 Å². The fourth-order valence-corrected chi connectivity index (χ4v) is 3.17. The second-order valence-corrected chi connectivity index (χ2v) is 6.06. The number of halogens is 3. The standard InChI is InChI=1S/C16H18F3NO3/c17-16(18,19)11-4-3-5-12(8-11)20-13(21)9-15(10-14(22)23)6-1-2-7-15/h3-5,8H,1-2,6-7,9-10H2,(H,20,21)(H,22,23)/p-1. The van der Waals surface area contributed by atoms with E-state index in [0.717, 1.165) is 25.0 Å². The van der Waals surface area contributed by atoms with Crippen molar-refractivity contribution in [2.24, 2.45) is 5.41 Å². The highest BCUT2D eigenvalue weighted by molar-refractivity contribution is 5.91. The van der Waals surface area contributed by atoms with Crippen LogP contribution in [0.5, 0.6) is 0 Å². The van der Waals surface area contributed by atoms with E-state index in [1.54, 1.807) is 0 Å². The molecule has 0 spiro atoms. The molecule has 0 aromatic heterocycles. The highest BCUT2D eigenvalue weighted by Crippen LogP contribution is 2.44. The fourth-order valence-electron chi connectivity index (χ4n) is 3.17. The Kier molecular flexibility index (Phi) is 4.97. The monoisotopic (exact) mass is 328 g/mol. The van der Waals surface area contributed by atoms with E-state index in [0.29, 0.717) is 12.8 Å². The first-order valence-electron chi connectivity index (χ1n) is 7.37. The lowest BCUT2D eigenvalue weighted by molar-refractivity contribution is -0.308. The van der Waals surface area contributed by atoms with Crippen LogP contribution < -0.4 is 10.4 Å². The van der Waals surface area contributed by atoms with Gasteiger partial charge in [0.1, 0.15) is 0 Å². The number of hydrogen-bond donors (Lipinski definition) is 1. The van der Waals surface area contributed by atoms with Gasteiger partial charge in [0.25, 0.3) is 0 Å². The van der Waals surface area contributed by atoms with Gasteiger partial charge in [-0.3, -0.25) is 4.79 Å². The highest BCUT2D eigenvalue weighted by atomic mass is 19.4. The van der Waals surface area contributed by atoms with Gasteiger partial charge in [-0.2, -0.15) is 13.2 Å². The van der Waals surface area contributed by atoms with Crippen molar-refractivity contribution >= 4 is 17.6 Å². The third-order valence-electron chi connectivity index (χ3n) is 4.19. The van der Waals surface area contributed by atoms with Crippen molar-refractivity contribution in [1.29, 1.82) is 0 Å². The second-order valence-electron chi connectivity index (χ2n) is 6.06. The van der Waals surface area contributed by atoms with Gasteiger partial charge in [-0.15, -0.1) is 0 Å². The Morgan fingerprint density at radius 2 is 1.83 bits per heavy atom. The minimum absolute atomic E-state index is 0.0305. The summed E-state index contributed by atoms with van der Waals surface area (Å²) in [7, 11) is 0. The number of carboxylic acids is 1. The molecule has 1 fully saturated rings. The van der Waals surface area contributed by atoms with Crippen molar-refractivity contribution < 1.29 is 27.9 Å². The number of alkyl halides is 3. The molecule has 4 nitrogen and oxygen atoms in total. The van der Waals surface area contributed by atoms with E-state index in [9.17, 15) is 27.9 Å². The number of hydrogen-bond acceptors (Lipinski definition) is 3. The summed E-state index contributed by atoms with van der Waals surface area (Å²) in [6.45, 7) is 0. The summed E-state index contributed by atoms with van der Waals surface area (Å²) in [5.41, 5.74) is -1.45. The molecule has 23 heavy (non-hydrogen) atoms. The van der Waals surface area contributed by atoms with Crippen LogP contribution in [0.25, 0.3) is 0 Å². The molecule has 2 rings (SSSR count). The van der Waals surface area contributed by atoms with Crippen LogP contribution in [0.1, 0.15) is 44.1 Å². The molecule has 1 saturated carbocycles. The predicted molar refractivity (Wildman–Crippen MR) is 75.2 cm³/mol. The van der Waals surface area contributed by atoms with Gasteiger partial charge in [0.05, 0.1) is 5.56 Å². The van der Waals surface area contributed by atoms with Gasteiger partial charge >= 0.3 is 6.18 Å². The fraction of sp³-hybridized carbons (Fsp3) is 0.500. The van der Waals surface area contributed by atoms with E-state index in [1.807, 2.05) is 0 Å². The SMILES string of the molecule is O=C([O-])CC1(CC(=O)Nc2cccc(C(F)(F)F)c2)CCCC1. The number of carbonyl (C=O) groups is 2. The highest BCUT2D eigenvalue weighted by Gasteiger charge is 2.36. The normalized spacial score (nSPS) is 17.0. The number of carboxylic acid groups (broad SMARTS) is 1. The molecule has 0 radical (unpaired) electrons. The molecule has 1 aromatic carbocycles. The molecule has 0 saturated heterocycles. The summed E-state index contributed by atoms with van der Waals surface area (Å²) in [4.78, 5) is 23.0. The lowest BCUT2D eigenvalue weighted by atomic mass is 9.79. The quantitative estimate of drug-likeness (QED) is 0.903. The first-order chi connectivity index (χ1) is 10.7. The molecule has 1 aliphatic carbocycles. The summed E-state index contributed by atoms with van der Waals surface area (Å²) in [6, 6.07) is 4.36. The molecule has 7 heteroatoms. The van der Waals surface area contributed by atoms with Gasteiger partial charge < -0.3 is 15.2 Å². The van der Waals surface area contributed by atoms with Crippen molar-refractivity contribution in [2.75, 3.05) is 5.32 Å². The van der Waals surface area contributed by atoms with Gasteiger partial charge in [-0.1, -0.05) is 18.9 Å². The van der Waals surface area contributed by atoms with Gasteiger partial charge in [0.2, 0.25) is 5.91 Å². The number of rotatable bonds is 5. The maximum atomic E-state index is 12.7. The number of carbonyl (C=O) groups excluding carboxylic acids is 2. The number of nitrogens with one attached hydrogen (secondary N) is 1. The van der Waals surface area contributed by atoms with Crippen LogP contribution >= 0.6 is 0 Å². The molecule has 0 atom stereocenters. The third kappa shape index (κ3) is 4.71. The van der Waals surface area contributed by atoms with Gasteiger partial charge in [0, 0.05) is 18.1 Å². The minimum Gasteiger partial charge on any atom is -0.550 e. The zero-order valence-corrected chi connectivity index (χ0v) is 12.4. The predicted octanol–water partition coefficient (Wildman–Crippen LogP) is 2.73. The van der Waals surface area contributed by atoms with E-state index < -0.39 is 29.0 Å². The van der Waals surface area contributed by atoms with Crippen LogP contribution in [0.4, 0.5) is 18.9 Å². The van der Waals surface area contributed by atoms with Gasteiger partial charge in [-0.05, 0) is 42.9 Å². The largest absolute Gasteiger partial charge is 0.550 e. The zero-order chi connectivity index (χ0) is 17.1. The molecular weight excluding hydrogens is 311 g/mol. The van der Waals surface area contributed by atoms with Gasteiger partial charge in [0.15, 0.2) is 0 Å². The van der Waals surface area contributed by atoms with Crippen molar-refractivity contribution in [1.82, 2.24) is 0 Å². The molecule has 1 amide bonds. The Bertz CT molecular complexity index is 592. The molecule has 1 aromatic rings. The Morgan fingerprint density at radius 3 is 2.39 bits per heavy atom. The third-order valence-corrected chi connectivity index (χ3v) is 4.19. The maximum absolute atomic E-state index is 12.7. The molecule has 1 N–H and O–H groups in total. The zero-order valence-electron chi connectivity index (χ0n) is 12.4. The Labute approximate surface area is 131 Å². The van der Waals surface area contributed by atoms with Crippen LogP contribution in [-0.2, 0) is 15.8 Å². The Morgan fingerprint density at radius 1 is 1.17 bits per heavy atom. The van der Waals surface area contributed by atoms with Crippen LogP contribution in [0.15, 0.2) is 24.3 Å².